The highest BCUT2D eigenvalue weighted by Crippen LogP contribution is 2.17. The molecule has 88 valence electrons. The number of carbonyl (C=O) groups is 1. The van der Waals surface area contributed by atoms with Crippen molar-refractivity contribution in [2.45, 2.75) is 44.6 Å². The molecule has 1 aliphatic rings. The zero-order valence-electron chi connectivity index (χ0n) is 9.91. The van der Waals surface area contributed by atoms with Gasteiger partial charge >= 0.3 is 0 Å². The first kappa shape index (κ1) is 11.2. The van der Waals surface area contributed by atoms with Gasteiger partial charge in [-0.2, -0.15) is 0 Å². The minimum absolute atomic E-state index is 0.202. The van der Waals surface area contributed by atoms with Gasteiger partial charge in [0.25, 0.3) is 0 Å². The predicted octanol–water partition coefficient (Wildman–Crippen LogP) is 2.02. The lowest BCUT2D eigenvalue weighted by atomic mass is 10.2. The van der Waals surface area contributed by atoms with Crippen molar-refractivity contribution in [1.29, 1.82) is 0 Å². The van der Waals surface area contributed by atoms with Crippen molar-refractivity contribution >= 4 is 5.91 Å². The van der Waals surface area contributed by atoms with E-state index in [-0.39, 0.29) is 5.91 Å². The van der Waals surface area contributed by atoms with Crippen LogP contribution in [0.2, 0.25) is 0 Å². The molecule has 0 unspecified atom stereocenters. The van der Waals surface area contributed by atoms with Gasteiger partial charge < -0.3 is 9.88 Å². The average Bonchev–Trinajstić information content (AvgIpc) is 2.87. The molecule has 1 aromatic heterocycles. The Morgan fingerprint density at radius 2 is 2.25 bits per heavy atom. The van der Waals surface area contributed by atoms with E-state index in [4.69, 9.17) is 0 Å². The summed E-state index contributed by atoms with van der Waals surface area (Å²) in [7, 11) is 2.02. The van der Waals surface area contributed by atoms with Gasteiger partial charge in [-0.25, -0.2) is 0 Å². The van der Waals surface area contributed by atoms with Gasteiger partial charge in [-0.15, -0.1) is 0 Å². The summed E-state index contributed by atoms with van der Waals surface area (Å²) >= 11 is 0. The SMILES string of the molecule is Cn1cccc1CCC(=O)NC1CCCC1. The lowest BCUT2D eigenvalue weighted by Gasteiger charge is -2.11. The summed E-state index contributed by atoms with van der Waals surface area (Å²) in [4.78, 5) is 11.7. The number of amides is 1. The molecule has 0 atom stereocenters. The zero-order chi connectivity index (χ0) is 11.4. The summed E-state index contributed by atoms with van der Waals surface area (Å²) in [5.74, 6) is 0.202. The summed E-state index contributed by atoms with van der Waals surface area (Å²) in [6.07, 6.45) is 8.32. The Labute approximate surface area is 96.8 Å². The molecule has 0 radical (unpaired) electrons. The maximum absolute atomic E-state index is 11.7. The normalized spacial score (nSPS) is 16.6. The van der Waals surface area contributed by atoms with Gasteiger partial charge in [0.2, 0.25) is 5.91 Å². The highest BCUT2D eigenvalue weighted by atomic mass is 16.1. The average molecular weight is 220 g/mol. The molecule has 0 saturated heterocycles. The van der Waals surface area contributed by atoms with Crippen LogP contribution in [0.5, 0.6) is 0 Å². The van der Waals surface area contributed by atoms with Crippen molar-refractivity contribution in [3.8, 4) is 0 Å². The van der Waals surface area contributed by atoms with Crippen LogP contribution in [0.15, 0.2) is 18.3 Å². The van der Waals surface area contributed by atoms with E-state index in [0.29, 0.717) is 12.5 Å². The molecule has 1 N–H and O–H groups in total. The highest BCUT2D eigenvalue weighted by Gasteiger charge is 2.16. The second-order valence-corrected chi connectivity index (χ2v) is 4.66. The van der Waals surface area contributed by atoms with E-state index in [1.807, 2.05) is 19.3 Å². The topological polar surface area (TPSA) is 34.0 Å². The molecule has 0 spiro atoms. The highest BCUT2D eigenvalue weighted by molar-refractivity contribution is 5.76. The van der Waals surface area contributed by atoms with Gasteiger partial charge in [0, 0.05) is 31.4 Å². The quantitative estimate of drug-likeness (QED) is 0.827. The van der Waals surface area contributed by atoms with Gasteiger partial charge in [-0.05, 0) is 31.4 Å². The molecule has 3 heteroatoms. The molecule has 1 aliphatic carbocycles. The zero-order valence-corrected chi connectivity index (χ0v) is 9.91. The van der Waals surface area contributed by atoms with Crippen molar-refractivity contribution in [3.05, 3.63) is 24.0 Å². The van der Waals surface area contributed by atoms with Crippen LogP contribution in [-0.2, 0) is 18.3 Å². The van der Waals surface area contributed by atoms with Gasteiger partial charge in [0.15, 0.2) is 0 Å². The molecule has 1 fully saturated rings. The second kappa shape index (κ2) is 5.19. The Kier molecular flexibility index (Phi) is 3.65. The van der Waals surface area contributed by atoms with Crippen LogP contribution >= 0.6 is 0 Å². The first-order valence-corrected chi connectivity index (χ1v) is 6.15. The van der Waals surface area contributed by atoms with E-state index >= 15 is 0 Å². The van der Waals surface area contributed by atoms with Crippen molar-refractivity contribution in [2.24, 2.45) is 7.05 Å². The van der Waals surface area contributed by atoms with Crippen molar-refractivity contribution in [1.82, 2.24) is 9.88 Å². The maximum atomic E-state index is 11.7. The molecule has 1 amide bonds. The van der Waals surface area contributed by atoms with Crippen LogP contribution in [0.4, 0.5) is 0 Å². The number of hydrogen-bond donors (Lipinski definition) is 1. The number of rotatable bonds is 4. The Bertz CT molecular complexity index is 351. The van der Waals surface area contributed by atoms with Gasteiger partial charge in [-0.3, -0.25) is 4.79 Å². The predicted molar refractivity (Wildman–Crippen MR) is 64.1 cm³/mol. The minimum Gasteiger partial charge on any atom is -0.354 e. The summed E-state index contributed by atoms with van der Waals surface area (Å²) in [6, 6.07) is 4.54. The minimum atomic E-state index is 0.202. The molecule has 1 saturated carbocycles. The first-order valence-electron chi connectivity index (χ1n) is 6.15. The molecule has 0 aliphatic heterocycles. The molecular formula is C13H20N2O. The lowest BCUT2D eigenvalue weighted by molar-refractivity contribution is -0.121. The molecule has 1 heterocycles. The number of aryl methyl sites for hydroxylation is 2. The number of aromatic nitrogens is 1. The van der Waals surface area contributed by atoms with Gasteiger partial charge in [0.05, 0.1) is 0 Å². The van der Waals surface area contributed by atoms with Gasteiger partial charge in [0.1, 0.15) is 0 Å². The third kappa shape index (κ3) is 2.87. The second-order valence-electron chi connectivity index (χ2n) is 4.66. The molecular weight excluding hydrogens is 200 g/mol. The van der Waals surface area contributed by atoms with Crippen LogP contribution in [0, 0.1) is 0 Å². The molecule has 0 bridgehead atoms. The maximum Gasteiger partial charge on any atom is 0.220 e. The van der Waals surface area contributed by atoms with Crippen molar-refractivity contribution in [3.63, 3.8) is 0 Å². The largest absolute Gasteiger partial charge is 0.354 e. The Hall–Kier alpha value is -1.25. The van der Waals surface area contributed by atoms with Crippen LogP contribution in [0.1, 0.15) is 37.8 Å². The smallest absolute Gasteiger partial charge is 0.220 e. The van der Waals surface area contributed by atoms with E-state index in [0.717, 1.165) is 19.3 Å². The van der Waals surface area contributed by atoms with E-state index in [2.05, 4.69) is 16.0 Å². The summed E-state index contributed by atoms with van der Waals surface area (Å²) in [5.41, 5.74) is 1.22. The van der Waals surface area contributed by atoms with Crippen molar-refractivity contribution < 1.29 is 4.79 Å². The molecule has 3 nitrogen and oxygen atoms in total. The number of nitrogens with one attached hydrogen (secondary N) is 1. The van der Waals surface area contributed by atoms with Crippen LogP contribution in [0.25, 0.3) is 0 Å². The van der Waals surface area contributed by atoms with E-state index < -0.39 is 0 Å². The van der Waals surface area contributed by atoms with Gasteiger partial charge in [-0.1, -0.05) is 12.8 Å². The molecule has 2 rings (SSSR count). The number of hydrogen-bond acceptors (Lipinski definition) is 1. The standard InChI is InChI=1S/C13H20N2O/c1-15-10-4-7-12(15)8-9-13(16)14-11-5-2-3-6-11/h4,7,10-11H,2-3,5-6,8-9H2,1H3,(H,14,16). The van der Waals surface area contributed by atoms with E-state index in [9.17, 15) is 4.79 Å². The van der Waals surface area contributed by atoms with E-state index in [1.165, 1.54) is 18.5 Å². The summed E-state index contributed by atoms with van der Waals surface area (Å²) < 4.78 is 2.07. The Morgan fingerprint density at radius 3 is 2.88 bits per heavy atom. The lowest BCUT2D eigenvalue weighted by Crippen LogP contribution is -2.32. The third-order valence-corrected chi connectivity index (χ3v) is 3.38. The fraction of sp³-hybridized carbons (Fsp3) is 0.615. The number of carbonyl (C=O) groups excluding carboxylic acids is 1. The van der Waals surface area contributed by atoms with E-state index in [1.54, 1.807) is 0 Å². The number of nitrogens with zero attached hydrogens (tertiary/aromatic N) is 1. The molecule has 0 aromatic carbocycles. The fourth-order valence-electron chi connectivity index (χ4n) is 2.37. The van der Waals surface area contributed by atoms with Crippen LogP contribution in [-0.4, -0.2) is 16.5 Å². The monoisotopic (exact) mass is 220 g/mol. The first-order chi connectivity index (χ1) is 7.75. The third-order valence-electron chi connectivity index (χ3n) is 3.38. The Morgan fingerprint density at radius 1 is 1.50 bits per heavy atom. The fourth-order valence-corrected chi connectivity index (χ4v) is 2.37. The molecule has 1 aromatic rings. The van der Waals surface area contributed by atoms with Crippen LogP contribution in [0.3, 0.4) is 0 Å². The van der Waals surface area contributed by atoms with Crippen molar-refractivity contribution in [2.75, 3.05) is 0 Å². The summed E-state index contributed by atoms with van der Waals surface area (Å²) in [5, 5.41) is 3.11. The Balaban J connectivity index is 1.73. The molecule has 16 heavy (non-hydrogen) atoms. The van der Waals surface area contributed by atoms with Crippen LogP contribution < -0.4 is 5.32 Å². The summed E-state index contributed by atoms with van der Waals surface area (Å²) in [6.45, 7) is 0.